The highest BCUT2D eigenvalue weighted by Crippen LogP contribution is 2.24. The number of amides is 1. The van der Waals surface area contributed by atoms with Crippen LogP contribution in [0.3, 0.4) is 0 Å². The number of nitrogens with one attached hydrogen (secondary N) is 1. The number of carbonyl (C=O) groups excluding carboxylic acids is 2. The number of carbonyl (C=O) groups is 2. The molecular formula is C24H22ClNO4S. The molecule has 0 aliphatic heterocycles. The second-order valence-corrected chi connectivity index (χ2v) is 7.98. The van der Waals surface area contributed by atoms with Crippen molar-refractivity contribution < 1.29 is 19.1 Å². The van der Waals surface area contributed by atoms with Crippen LogP contribution in [0.4, 0.5) is 5.69 Å². The largest absolute Gasteiger partial charge is 0.493 e. The SMILES string of the molecule is CCOC(=O)c1ccc(NC(=O)c2ccc(OCCSc3ccccc3)cc2)c(Cl)c1. The Labute approximate surface area is 190 Å². The topological polar surface area (TPSA) is 64.6 Å². The summed E-state index contributed by atoms with van der Waals surface area (Å²) in [6, 6.07) is 21.6. The summed E-state index contributed by atoms with van der Waals surface area (Å²) < 4.78 is 10.7. The van der Waals surface area contributed by atoms with Gasteiger partial charge in [0.2, 0.25) is 0 Å². The first-order chi connectivity index (χ1) is 15.1. The quantitative estimate of drug-likeness (QED) is 0.246. The van der Waals surface area contributed by atoms with Crippen molar-refractivity contribution in [2.24, 2.45) is 0 Å². The number of esters is 1. The molecule has 0 aromatic heterocycles. The lowest BCUT2D eigenvalue weighted by Crippen LogP contribution is -2.13. The van der Waals surface area contributed by atoms with Crippen molar-refractivity contribution in [2.75, 3.05) is 24.3 Å². The molecule has 31 heavy (non-hydrogen) atoms. The minimum atomic E-state index is -0.458. The Hall–Kier alpha value is -2.96. The molecule has 3 rings (SSSR count). The fourth-order valence-corrected chi connectivity index (χ4v) is 3.67. The van der Waals surface area contributed by atoms with Crippen molar-refractivity contribution >= 4 is 40.9 Å². The van der Waals surface area contributed by atoms with E-state index in [1.54, 1.807) is 55.1 Å². The minimum absolute atomic E-state index is 0.259. The second kappa shape index (κ2) is 11.4. The molecule has 0 aliphatic rings. The Morgan fingerprint density at radius 1 is 0.968 bits per heavy atom. The summed E-state index contributed by atoms with van der Waals surface area (Å²) in [5, 5.41) is 3.01. The van der Waals surface area contributed by atoms with Crippen molar-refractivity contribution in [3.8, 4) is 5.75 Å². The molecule has 0 radical (unpaired) electrons. The smallest absolute Gasteiger partial charge is 0.338 e. The zero-order chi connectivity index (χ0) is 22.1. The number of ether oxygens (including phenoxy) is 2. The average molecular weight is 456 g/mol. The van der Waals surface area contributed by atoms with Gasteiger partial charge >= 0.3 is 5.97 Å². The van der Waals surface area contributed by atoms with E-state index in [4.69, 9.17) is 21.1 Å². The van der Waals surface area contributed by atoms with Crippen molar-refractivity contribution in [1.29, 1.82) is 0 Å². The van der Waals surface area contributed by atoms with E-state index in [0.29, 0.717) is 29.2 Å². The van der Waals surface area contributed by atoms with Gasteiger partial charge in [0, 0.05) is 16.2 Å². The third-order valence-electron chi connectivity index (χ3n) is 4.21. The van der Waals surface area contributed by atoms with Gasteiger partial charge in [-0.15, -0.1) is 11.8 Å². The lowest BCUT2D eigenvalue weighted by atomic mass is 10.1. The molecule has 3 aromatic carbocycles. The summed E-state index contributed by atoms with van der Waals surface area (Å²) in [4.78, 5) is 25.5. The summed E-state index contributed by atoms with van der Waals surface area (Å²) in [6.45, 7) is 2.57. The molecule has 0 aliphatic carbocycles. The molecule has 1 amide bonds. The molecular weight excluding hydrogens is 434 g/mol. The minimum Gasteiger partial charge on any atom is -0.493 e. The molecule has 0 saturated carbocycles. The van der Waals surface area contributed by atoms with Crippen LogP contribution < -0.4 is 10.1 Å². The van der Waals surface area contributed by atoms with Gasteiger partial charge in [-0.3, -0.25) is 4.79 Å². The van der Waals surface area contributed by atoms with Crippen LogP contribution in [-0.4, -0.2) is 30.8 Å². The van der Waals surface area contributed by atoms with Crippen molar-refractivity contribution in [1.82, 2.24) is 0 Å². The molecule has 0 spiro atoms. The first-order valence-corrected chi connectivity index (χ1v) is 11.1. The Balaban J connectivity index is 1.51. The number of anilines is 1. The molecule has 0 unspecified atom stereocenters. The molecule has 0 bridgehead atoms. The third kappa shape index (κ3) is 6.77. The molecule has 0 heterocycles. The monoisotopic (exact) mass is 455 g/mol. The number of hydrogen-bond acceptors (Lipinski definition) is 5. The lowest BCUT2D eigenvalue weighted by molar-refractivity contribution is 0.0526. The molecule has 0 fully saturated rings. The predicted octanol–water partition coefficient (Wildman–Crippen LogP) is 5.94. The number of halogens is 1. The van der Waals surface area contributed by atoms with E-state index in [0.717, 1.165) is 5.75 Å². The normalized spacial score (nSPS) is 10.4. The van der Waals surface area contributed by atoms with Crippen LogP contribution in [-0.2, 0) is 4.74 Å². The predicted molar refractivity (Wildman–Crippen MR) is 124 cm³/mol. The second-order valence-electron chi connectivity index (χ2n) is 6.40. The first kappa shape index (κ1) is 22.7. The molecule has 7 heteroatoms. The van der Waals surface area contributed by atoms with Crippen molar-refractivity contribution in [2.45, 2.75) is 11.8 Å². The molecule has 3 aromatic rings. The highest BCUT2D eigenvalue weighted by atomic mass is 35.5. The van der Waals surface area contributed by atoms with Crippen LogP contribution >= 0.6 is 23.4 Å². The van der Waals surface area contributed by atoms with Crippen LogP contribution in [0.5, 0.6) is 5.75 Å². The Morgan fingerprint density at radius 3 is 2.35 bits per heavy atom. The molecule has 1 N–H and O–H groups in total. The van der Waals surface area contributed by atoms with Gasteiger partial charge in [0.25, 0.3) is 5.91 Å². The van der Waals surface area contributed by atoms with E-state index in [-0.39, 0.29) is 17.5 Å². The zero-order valence-corrected chi connectivity index (χ0v) is 18.5. The van der Waals surface area contributed by atoms with Gasteiger partial charge < -0.3 is 14.8 Å². The van der Waals surface area contributed by atoms with E-state index >= 15 is 0 Å². The van der Waals surface area contributed by atoms with Crippen LogP contribution in [0.1, 0.15) is 27.6 Å². The Morgan fingerprint density at radius 2 is 1.68 bits per heavy atom. The highest BCUT2D eigenvalue weighted by molar-refractivity contribution is 7.99. The van der Waals surface area contributed by atoms with Crippen LogP contribution in [0.2, 0.25) is 5.02 Å². The van der Waals surface area contributed by atoms with Gasteiger partial charge in [-0.25, -0.2) is 4.79 Å². The Bertz CT molecular complexity index is 1030. The van der Waals surface area contributed by atoms with E-state index in [1.165, 1.54) is 11.0 Å². The summed E-state index contributed by atoms with van der Waals surface area (Å²) >= 11 is 7.93. The summed E-state index contributed by atoms with van der Waals surface area (Å²) in [5.74, 6) is 0.756. The first-order valence-electron chi connectivity index (χ1n) is 9.75. The van der Waals surface area contributed by atoms with Gasteiger partial charge in [0.05, 0.1) is 29.5 Å². The number of thioether (sulfide) groups is 1. The fourth-order valence-electron chi connectivity index (χ4n) is 2.69. The van der Waals surface area contributed by atoms with Gasteiger partial charge in [0.1, 0.15) is 5.75 Å². The summed E-state index contributed by atoms with van der Waals surface area (Å²) in [6.07, 6.45) is 0. The number of rotatable bonds is 9. The molecule has 0 saturated heterocycles. The van der Waals surface area contributed by atoms with Crippen LogP contribution in [0, 0.1) is 0 Å². The van der Waals surface area contributed by atoms with Crippen molar-refractivity contribution in [3.63, 3.8) is 0 Å². The van der Waals surface area contributed by atoms with Gasteiger partial charge in [0.15, 0.2) is 0 Å². The standard InChI is InChI=1S/C24H22ClNO4S/c1-2-29-24(28)18-10-13-22(21(25)16-18)26-23(27)17-8-11-19(12-9-17)30-14-15-31-20-6-4-3-5-7-20/h3-13,16H,2,14-15H2,1H3,(H,26,27). The molecule has 5 nitrogen and oxygen atoms in total. The maximum Gasteiger partial charge on any atom is 0.338 e. The van der Waals surface area contributed by atoms with Crippen LogP contribution in [0.15, 0.2) is 77.7 Å². The van der Waals surface area contributed by atoms with E-state index in [9.17, 15) is 9.59 Å². The Kier molecular flexibility index (Phi) is 8.38. The average Bonchev–Trinajstić information content (AvgIpc) is 2.79. The van der Waals surface area contributed by atoms with Crippen LogP contribution in [0.25, 0.3) is 0 Å². The summed E-state index contributed by atoms with van der Waals surface area (Å²) in [5.41, 5.74) is 1.21. The maximum atomic E-state index is 12.5. The van der Waals surface area contributed by atoms with E-state index in [2.05, 4.69) is 17.4 Å². The summed E-state index contributed by atoms with van der Waals surface area (Å²) in [7, 11) is 0. The third-order valence-corrected chi connectivity index (χ3v) is 5.50. The number of benzene rings is 3. The van der Waals surface area contributed by atoms with Gasteiger partial charge in [-0.2, -0.15) is 0 Å². The number of hydrogen-bond donors (Lipinski definition) is 1. The van der Waals surface area contributed by atoms with E-state index in [1.807, 2.05) is 18.2 Å². The van der Waals surface area contributed by atoms with E-state index < -0.39 is 5.97 Å². The highest BCUT2D eigenvalue weighted by Gasteiger charge is 2.12. The molecule has 160 valence electrons. The van der Waals surface area contributed by atoms with Gasteiger partial charge in [-0.05, 0) is 61.5 Å². The molecule has 0 atom stereocenters. The fraction of sp³-hybridized carbons (Fsp3) is 0.167. The maximum absolute atomic E-state index is 12.5. The lowest BCUT2D eigenvalue weighted by Gasteiger charge is -2.10. The van der Waals surface area contributed by atoms with Gasteiger partial charge in [-0.1, -0.05) is 29.8 Å². The zero-order valence-electron chi connectivity index (χ0n) is 17.0. The van der Waals surface area contributed by atoms with Crippen molar-refractivity contribution in [3.05, 3.63) is 88.9 Å².